The predicted octanol–water partition coefficient (Wildman–Crippen LogP) is 1.90. The number of carbonyl (C=O) groups excluding carboxylic acids is 1. The van der Waals surface area contributed by atoms with Crippen LogP contribution in [0.5, 0.6) is 0 Å². The second-order valence-corrected chi connectivity index (χ2v) is 4.84. The maximum atomic E-state index is 11.8. The number of furan rings is 2. The first-order valence-electron chi connectivity index (χ1n) is 6.28. The Morgan fingerprint density at radius 3 is 2.63 bits per heavy atom. The minimum absolute atomic E-state index is 0.116. The molecule has 1 amide bonds. The Kier molecular flexibility index (Phi) is 2.91. The highest BCUT2D eigenvalue weighted by Gasteiger charge is 2.47. The van der Waals surface area contributed by atoms with Gasteiger partial charge in [0.1, 0.15) is 11.4 Å². The standard InChI is InChI=1S/C14H15NO4/c16-13(11-3-1-7-18-11)15-9-14(17,10-5-6-10)12-4-2-8-19-12/h1-4,7-8,10,17H,5-6,9H2,(H,15,16). The molecule has 1 fully saturated rings. The van der Waals surface area contributed by atoms with Crippen molar-refractivity contribution in [1.82, 2.24) is 5.32 Å². The summed E-state index contributed by atoms with van der Waals surface area (Å²) in [4.78, 5) is 11.8. The first-order valence-corrected chi connectivity index (χ1v) is 6.28. The average Bonchev–Trinajstić information content (AvgIpc) is 2.95. The fraction of sp³-hybridized carbons (Fsp3) is 0.357. The summed E-state index contributed by atoms with van der Waals surface area (Å²) in [5, 5.41) is 13.4. The summed E-state index contributed by atoms with van der Waals surface area (Å²) >= 11 is 0. The van der Waals surface area contributed by atoms with Crippen LogP contribution >= 0.6 is 0 Å². The molecule has 2 N–H and O–H groups in total. The van der Waals surface area contributed by atoms with Crippen LogP contribution in [0.15, 0.2) is 45.6 Å². The Balaban J connectivity index is 1.71. The van der Waals surface area contributed by atoms with Crippen molar-refractivity contribution in [3.05, 3.63) is 48.3 Å². The average molecular weight is 261 g/mol. The number of nitrogens with one attached hydrogen (secondary N) is 1. The van der Waals surface area contributed by atoms with E-state index in [2.05, 4.69) is 5.32 Å². The Morgan fingerprint density at radius 2 is 2.05 bits per heavy atom. The van der Waals surface area contributed by atoms with Crippen LogP contribution in [0, 0.1) is 5.92 Å². The summed E-state index contributed by atoms with van der Waals surface area (Å²) in [6.07, 6.45) is 4.84. The van der Waals surface area contributed by atoms with Crippen molar-refractivity contribution in [3.8, 4) is 0 Å². The SMILES string of the molecule is O=C(NCC(O)(c1ccco1)C1CC1)c1ccco1. The molecule has 2 aromatic rings. The molecule has 1 saturated carbocycles. The number of hydrogen-bond acceptors (Lipinski definition) is 4. The maximum absolute atomic E-state index is 11.8. The van der Waals surface area contributed by atoms with E-state index >= 15 is 0 Å². The van der Waals surface area contributed by atoms with E-state index < -0.39 is 5.60 Å². The molecule has 1 atom stereocenters. The third-order valence-electron chi connectivity index (χ3n) is 3.46. The highest BCUT2D eigenvalue weighted by molar-refractivity contribution is 5.91. The molecule has 2 aromatic heterocycles. The minimum atomic E-state index is -1.13. The molecule has 100 valence electrons. The van der Waals surface area contributed by atoms with Crippen LogP contribution in [0.2, 0.25) is 0 Å². The van der Waals surface area contributed by atoms with Gasteiger partial charge in [-0.05, 0) is 43.0 Å². The highest BCUT2D eigenvalue weighted by Crippen LogP contribution is 2.45. The van der Waals surface area contributed by atoms with Crippen LogP contribution in [0.1, 0.15) is 29.2 Å². The van der Waals surface area contributed by atoms with Crippen LogP contribution in [0.4, 0.5) is 0 Å². The van der Waals surface area contributed by atoms with Gasteiger partial charge in [-0.2, -0.15) is 0 Å². The fourth-order valence-corrected chi connectivity index (χ4v) is 2.23. The minimum Gasteiger partial charge on any atom is -0.466 e. The molecule has 1 aliphatic rings. The molecule has 19 heavy (non-hydrogen) atoms. The summed E-state index contributed by atoms with van der Waals surface area (Å²) in [7, 11) is 0. The van der Waals surface area contributed by atoms with Gasteiger partial charge in [-0.1, -0.05) is 0 Å². The topological polar surface area (TPSA) is 75.6 Å². The third-order valence-corrected chi connectivity index (χ3v) is 3.46. The smallest absolute Gasteiger partial charge is 0.287 e. The van der Waals surface area contributed by atoms with E-state index in [9.17, 15) is 9.90 Å². The first-order chi connectivity index (χ1) is 9.20. The van der Waals surface area contributed by atoms with Gasteiger partial charge < -0.3 is 19.3 Å². The van der Waals surface area contributed by atoms with E-state index in [4.69, 9.17) is 8.83 Å². The molecule has 0 saturated heterocycles. The van der Waals surface area contributed by atoms with Gasteiger partial charge in [0.25, 0.3) is 5.91 Å². The van der Waals surface area contributed by atoms with E-state index in [1.165, 1.54) is 12.5 Å². The Labute approximate surface area is 110 Å². The normalized spacial score (nSPS) is 17.9. The van der Waals surface area contributed by atoms with Crippen molar-refractivity contribution in [1.29, 1.82) is 0 Å². The van der Waals surface area contributed by atoms with E-state index in [-0.39, 0.29) is 24.1 Å². The number of aliphatic hydroxyl groups is 1. The van der Waals surface area contributed by atoms with E-state index in [0.29, 0.717) is 5.76 Å². The Hall–Kier alpha value is -2.01. The molecular formula is C14H15NO4. The van der Waals surface area contributed by atoms with Gasteiger partial charge in [-0.15, -0.1) is 0 Å². The van der Waals surface area contributed by atoms with E-state index in [0.717, 1.165) is 12.8 Å². The lowest BCUT2D eigenvalue weighted by Gasteiger charge is -2.26. The van der Waals surface area contributed by atoms with Crippen molar-refractivity contribution in [2.75, 3.05) is 6.54 Å². The van der Waals surface area contributed by atoms with Crippen LogP contribution in [0.3, 0.4) is 0 Å². The molecule has 3 rings (SSSR count). The van der Waals surface area contributed by atoms with Crippen molar-refractivity contribution >= 4 is 5.91 Å². The Bertz CT molecular complexity index is 542. The zero-order valence-corrected chi connectivity index (χ0v) is 10.3. The van der Waals surface area contributed by atoms with Crippen molar-refractivity contribution < 1.29 is 18.7 Å². The lowest BCUT2D eigenvalue weighted by atomic mass is 9.94. The number of amides is 1. The summed E-state index contributed by atoms with van der Waals surface area (Å²) in [6, 6.07) is 6.70. The lowest BCUT2D eigenvalue weighted by molar-refractivity contribution is -0.00631. The van der Waals surface area contributed by atoms with Crippen molar-refractivity contribution in [3.63, 3.8) is 0 Å². The van der Waals surface area contributed by atoms with Gasteiger partial charge in [0, 0.05) is 0 Å². The molecule has 0 aliphatic heterocycles. The quantitative estimate of drug-likeness (QED) is 0.862. The molecule has 0 radical (unpaired) electrons. The zero-order valence-electron chi connectivity index (χ0n) is 10.3. The number of carbonyl (C=O) groups is 1. The van der Waals surface area contributed by atoms with Crippen LogP contribution < -0.4 is 5.32 Å². The summed E-state index contributed by atoms with van der Waals surface area (Å²) < 4.78 is 10.3. The Morgan fingerprint density at radius 1 is 1.32 bits per heavy atom. The van der Waals surface area contributed by atoms with Crippen LogP contribution in [0.25, 0.3) is 0 Å². The van der Waals surface area contributed by atoms with Crippen molar-refractivity contribution in [2.45, 2.75) is 18.4 Å². The third kappa shape index (κ3) is 2.29. The van der Waals surface area contributed by atoms with Crippen LogP contribution in [-0.4, -0.2) is 17.6 Å². The monoisotopic (exact) mass is 261 g/mol. The summed E-state index contributed by atoms with van der Waals surface area (Å²) in [5.41, 5.74) is -1.13. The van der Waals surface area contributed by atoms with Gasteiger partial charge in [0.2, 0.25) is 0 Å². The molecule has 0 spiro atoms. The molecule has 1 unspecified atom stereocenters. The first kappa shape index (κ1) is 12.0. The van der Waals surface area contributed by atoms with E-state index in [1.54, 1.807) is 24.3 Å². The van der Waals surface area contributed by atoms with E-state index in [1.807, 2.05) is 0 Å². The van der Waals surface area contributed by atoms with Crippen molar-refractivity contribution in [2.24, 2.45) is 5.92 Å². The van der Waals surface area contributed by atoms with Gasteiger partial charge >= 0.3 is 0 Å². The molecule has 0 bridgehead atoms. The second kappa shape index (κ2) is 4.59. The van der Waals surface area contributed by atoms with Crippen LogP contribution in [-0.2, 0) is 5.60 Å². The number of rotatable bonds is 5. The zero-order chi connectivity index (χ0) is 13.3. The predicted molar refractivity (Wildman–Crippen MR) is 66.4 cm³/mol. The summed E-state index contributed by atoms with van der Waals surface area (Å²) in [6.45, 7) is 0.116. The molecule has 5 heteroatoms. The lowest BCUT2D eigenvalue weighted by Crippen LogP contribution is -2.42. The van der Waals surface area contributed by atoms with Gasteiger partial charge in [0.05, 0.1) is 19.1 Å². The molecule has 1 aliphatic carbocycles. The second-order valence-electron chi connectivity index (χ2n) is 4.84. The largest absolute Gasteiger partial charge is 0.466 e. The maximum Gasteiger partial charge on any atom is 0.287 e. The molecule has 0 aromatic carbocycles. The fourth-order valence-electron chi connectivity index (χ4n) is 2.23. The van der Waals surface area contributed by atoms with Gasteiger partial charge in [-0.3, -0.25) is 4.79 Å². The molecule has 5 nitrogen and oxygen atoms in total. The molecule has 2 heterocycles. The van der Waals surface area contributed by atoms with Gasteiger partial charge in [0.15, 0.2) is 5.76 Å². The molecular weight excluding hydrogens is 246 g/mol. The summed E-state index contributed by atoms with van der Waals surface area (Å²) in [5.74, 6) is 0.526. The highest BCUT2D eigenvalue weighted by atomic mass is 16.4. The number of hydrogen-bond donors (Lipinski definition) is 2. The van der Waals surface area contributed by atoms with Gasteiger partial charge in [-0.25, -0.2) is 0 Å².